The first-order valence-electron chi connectivity index (χ1n) is 11.4. The molecule has 176 valence electrons. The average molecular weight is 463 g/mol. The largest absolute Gasteiger partial charge is 0.349 e. The average Bonchev–Trinajstić information content (AvgIpc) is 3.06. The summed E-state index contributed by atoms with van der Waals surface area (Å²) in [7, 11) is -3.49. The molecule has 2 aliphatic rings. The Kier molecular flexibility index (Phi) is 8.69. The van der Waals surface area contributed by atoms with Crippen LogP contribution in [0, 0.1) is 0 Å². The molecular formula is C23H34N4O4S. The maximum atomic E-state index is 13.3. The number of hydrogen-bond donors (Lipinski definition) is 2. The van der Waals surface area contributed by atoms with E-state index in [9.17, 15) is 18.0 Å². The maximum absolute atomic E-state index is 13.3. The van der Waals surface area contributed by atoms with Crippen molar-refractivity contribution in [2.45, 2.75) is 49.8 Å². The molecule has 1 atom stereocenters. The lowest BCUT2D eigenvalue weighted by Crippen LogP contribution is -2.51. The van der Waals surface area contributed by atoms with Crippen molar-refractivity contribution in [3.05, 3.63) is 48.6 Å². The summed E-state index contributed by atoms with van der Waals surface area (Å²) in [6.45, 7) is 5.63. The van der Waals surface area contributed by atoms with E-state index in [1.165, 1.54) is 10.4 Å². The van der Waals surface area contributed by atoms with Crippen LogP contribution in [0.15, 0.2) is 43.0 Å². The van der Waals surface area contributed by atoms with Gasteiger partial charge in [0, 0.05) is 38.8 Å². The van der Waals surface area contributed by atoms with E-state index in [2.05, 4.69) is 17.2 Å². The normalized spacial score (nSPS) is 20.9. The minimum atomic E-state index is -3.49. The molecule has 3 rings (SSSR count). The van der Waals surface area contributed by atoms with Gasteiger partial charge in [0.1, 0.15) is 0 Å². The SMILES string of the molecule is C=CC(=O)NC1CCCCN(S(=O)(=O)C2CCN(C(=O)NCCc3ccccc3)CC2)C1. The maximum Gasteiger partial charge on any atom is 0.317 e. The molecule has 0 saturated carbocycles. The van der Waals surface area contributed by atoms with E-state index in [0.29, 0.717) is 45.6 Å². The second-order valence-corrected chi connectivity index (χ2v) is 10.7. The molecule has 2 aliphatic heterocycles. The van der Waals surface area contributed by atoms with Crippen LogP contribution in [0.25, 0.3) is 0 Å². The van der Waals surface area contributed by atoms with Crippen LogP contribution in [0.2, 0.25) is 0 Å². The lowest BCUT2D eigenvalue weighted by molar-refractivity contribution is -0.117. The highest BCUT2D eigenvalue weighted by Gasteiger charge is 2.37. The van der Waals surface area contributed by atoms with E-state index in [4.69, 9.17) is 0 Å². The van der Waals surface area contributed by atoms with Gasteiger partial charge in [-0.1, -0.05) is 43.3 Å². The van der Waals surface area contributed by atoms with Crippen LogP contribution in [0.3, 0.4) is 0 Å². The first kappa shape index (κ1) is 24.3. The van der Waals surface area contributed by atoms with Gasteiger partial charge >= 0.3 is 6.03 Å². The van der Waals surface area contributed by atoms with E-state index in [1.54, 1.807) is 4.90 Å². The van der Waals surface area contributed by atoms with E-state index in [1.807, 2.05) is 30.3 Å². The standard InChI is InChI=1S/C23H34N4O4S/c1-2-22(28)25-20-10-6-7-15-27(18-20)32(30,31)21-12-16-26(17-13-21)23(29)24-14-11-19-8-4-3-5-9-19/h2-5,8-9,20-21H,1,6-7,10-18H2,(H,24,29)(H,25,28). The van der Waals surface area contributed by atoms with Crippen LogP contribution >= 0.6 is 0 Å². The number of hydrogen-bond acceptors (Lipinski definition) is 4. The Morgan fingerprint density at radius 1 is 1.06 bits per heavy atom. The number of sulfonamides is 1. The predicted octanol–water partition coefficient (Wildman–Crippen LogP) is 1.89. The highest BCUT2D eigenvalue weighted by atomic mass is 32.2. The Labute approximate surface area is 191 Å². The van der Waals surface area contributed by atoms with E-state index >= 15 is 0 Å². The summed E-state index contributed by atoms with van der Waals surface area (Å²) in [4.78, 5) is 25.8. The Morgan fingerprint density at radius 3 is 2.47 bits per heavy atom. The molecule has 3 amide bonds. The minimum absolute atomic E-state index is 0.140. The quantitative estimate of drug-likeness (QED) is 0.605. The highest BCUT2D eigenvalue weighted by molar-refractivity contribution is 7.89. The van der Waals surface area contributed by atoms with Gasteiger partial charge in [-0.05, 0) is 43.7 Å². The molecule has 0 spiro atoms. The van der Waals surface area contributed by atoms with Crippen molar-refractivity contribution in [2.24, 2.45) is 0 Å². The number of amides is 3. The number of carbonyl (C=O) groups is 2. The second kappa shape index (κ2) is 11.5. The van der Waals surface area contributed by atoms with Gasteiger partial charge in [-0.2, -0.15) is 4.31 Å². The van der Waals surface area contributed by atoms with E-state index in [0.717, 1.165) is 31.2 Å². The first-order valence-corrected chi connectivity index (χ1v) is 12.9. The molecule has 2 N–H and O–H groups in total. The molecule has 2 saturated heterocycles. The summed E-state index contributed by atoms with van der Waals surface area (Å²) in [6.07, 6.45) is 5.23. The van der Waals surface area contributed by atoms with E-state index < -0.39 is 15.3 Å². The number of likely N-dealkylation sites (tertiary alicyclic amines) is 1. The first-order chi connectivity index (χ1) is 15.4. The number of nitrogens with zero attached hydrogens (tertiary/aromatic N) is 2. The molecular weight excluding hydrogens is 428 g/mol. The van der Waals surface area contributed by atoms with Gasteiger partial charge < -0.3 is 15.5 Å². The van der Waals surface area contributed by atoms with Crippen molar-refractivity contribution in [3.63, 3.8) is 0 Å². The zero-order chi connectivity index (χ0) is 23.0. The monoisotopic (exact) mass is 462 g/mol. The topological polar surface area (TPSA) is 98.8 Å². The van der Waals surface area contributed by atoms with Crippen LogP contribution in [0.5, 0.6) is 0 Å². The number of piperidine rings is 1. The van der Waals surface area contributed by atoms with Crippen molar-refractivity contribution in [1.82, 2.24) is 19.8 Å². The van der Waals surface area contributed by atoms with Crippen molar-refractivity contribution in [2.75, 3.05) is 32.7 Å². The number of nitrogens with one attached hydrogen (secondary N) is 2. The molecule has 8 nitrogen and oxygen atoms in total. The van der Waals surface area contributed by atoms with Crippen molar-refractivity contribution >= 4 is 22.0 Å². The van der Waals surface area contributed by atoms with Gasteiger partial charge in [-0.15, -0.1) is 0 Å². The number of carbonyl (C=O) groups excluding carboxylic acids is 2. The Bertz CT molecular complexity index is 883. The second-order valence-electron chi connectivity index (χ2n) is 8.46. The van der Waals surface area contributed by atoms with Gasteiger partial charge in [0.2, 0.25) is 15.9 Å². The molecule has 2 heterocycles. The van der Waals surface area contributed by atoms with Crippen molar-refractivity contribution in [3.8, 4) is 0 Å². The van der Waals surface area contributed by atoms with Gasteiger partial charge in [-0.3, -0.25) is 4.79 Å². The van der Waals surface area contributed by atoms with Gasteiger partial charge in [0.05, 0.1) is 5.25 Å². The zero-order valence-corrected chi connectivity index (χ0v) is 19.4. The summed E-state index contributed by atoms with van der Waals surface area (Å²) < 4.78 is 28.1. The smallest absolute Gasteiger partial charge is 0.317 e. The zero-order valence-electron chi connectivity index (χ0n) is 18.5. The molecule has 0 aliphatic carbocycles. The molecule has 1 aromatic rings. The third-order valence-electron chi connectivity index (χ3n) is 6.21. The molecule has 9 heteroatoms. The van der Waals surface area contributed by atoms with Crippen LogP contribution in [-0.4, -0.2) is 73.6 Å². The molecule has 1 aromatic carbocycles. The third kappa shape index (κ3) is 6.56. The number of rotatable bonds is 7. The van der Waals surface area contributed by atoms with Gasteiger partial charge in [0.15, 0.2) is 0 Å². The fraction of sp³-hybridized carbons (Fsp3) is 0.565. The van der Waals surface area contributed by atoms with Crippen molar-refractivity contribution < 1.29 is 18.0 Å². The summed E-state index contributed by atoms with van der Waals surface area (Å²) >= 11 is 0. The summed E-state index contributed by atoms with van der Waals surface area (Å²) in [5.41, 5.74) is 1.16. The van der Waals surface area contributed by atoms with Crippen LogP contribution in [0.4, 0.5) is 4.79 Å². The summed E-state index contributed by atoms with van der Waals surface area (Å²) in [5.74, 6) is -0.277. The van der Waals surface area contributed by atoms with Gasteiger partial charge in [0.25, 0.3) is 0 Å². The number of urea groups is 1. The Hall–Kier alpha value is -2.39. The lowest BCUT2D eigenvalue weighted by atomic mass is 10.1. The van der Waals surface area contributed by atoms with Gasteiger partial charge in [-0.25, -0.2) is 13.2 Å². The minimum Gasteiger partial charge on any atom is -0.349 e. The molecule has 2 fully saturated rings. The Balaban J connectivity index is 1.48. The fourth-order valence-corrected chi connectivity index (χ4v) is 6.35. The molecule has 0 bridgehead atoms. The number of benzene rings is 1. The molecule has 1 unspecified atom stereocenters. The molecule has 0 aromatic heterocycles. The van der Waals surface area contributed by atoms with Crippen LogP contribution in [0.1, 0.15) is 37.7 Å². The third-order valence-corrected chi connectivity index (χ3v) is 8.57. The fourth-order valence-electron chi connectivity index (χ4n) is 4.35. The highest BCUT2D eigenvalue weighted by Crippen LogP contribution is 2.24. The summed E-state index contributed by atoms with van der Waals surface area (Å²) in [5, 5.41) is 5.28. The summed E-state index contributed by atoms with van der Waals surface area (Å²) in [6, 6.07) is 9.62. The van der Waals surface area contributed by atoms with E-state index in [-0.39, 0.29) is 18.0 Å². The van der Waals surface area contributed by atoms with Crippen LogP contribution < -0.4 is 10.6 Å². The lowest BCUT2D eigenvalue weighted by Gasteiger charge is -2.35. The predicted molar refractivity (Wildman–Crippen MR) is 125 cm³/mol. The molecule has 0 radical (unpaired) electrons. The molecule has 32 heavy (non-hydrogen) atoms. The Morgan fingerprint density at radius 2 is 1.78 bits per heavy atom. The van der Waals surface area contributed by atoms with Crippen molar-refractivity contribution in [1.29, 1.82) is 0 Å². The van der Waals surface area contributed by atoms with Crippen LogP contribution in [-0.2, 0) is 21.2 Å².